The van der Waals surface area contributed by atoms with Crippen LogP contribution in [0.2, 0.25) is 0 Å². The molecule has 1 heterocycles. The van der Waals surface area contributed by atoms with Gasteiger partial charge in [-0.25, -0.2) is 0 Å². The molecule has 0 aliphatic carbocycles. The Labute approximate surface area is 66.2 Å². The maximum atomic E-state index is 5.62. The average molecular weight is 154 g/mol. The SMILES string of the molecule is CCCn1nc(N)c(N)c1C. The van der Waals surface area contributed by atoms with E-state index in [2.05, 4.69) is 12.0 Å². The van der Waals surface area contributed by atoms with Gasteiger partial charge in [-0.2, -0.15) is 5.10 Å². The first-order valence-electron chi connectivity index (χ1n) is 3.75. The Morgan fingerprint density at radius 3 is 2.45 bits per heavy atom. The average Bonchev–Trinajstić information content (AvgIpc) is 2.19. The van der Waals surface area contributed by atoms with E-state index >= 15 is 0 Å². The zero-order chi connectivity index (χ0) is 8.43. The van der Waals surface area contributed by atoms with Gasteiger partial charge in [0.25, 0.3) is 0 Å². The van der Waals surface area contributed by atoms with Gasteiger partial charge in [0, 0.05) is 6.54 Å². The topological polar surface area (TPSA) is 69.9 Å². The highest BCUT2D eigenvalue weighted by Crippen LogP contribution is 2.17. The molecule has 0 aliphatic heterocycles. The molecule has 0 radical (unpaired) electrons. The molecule has 4 N–H and O–H groups in total. The molecule has 0 aromatic carbocycles. The smallest absolute Gasteiger partial charge is 0.168 e. The van der Waals surface area contributed by atoms with E-state index in [0.717, 1.165) is 18.7 Å². The van der Waals surface area contributed by atoms with E-state index < -0.39 is 0 Å². The van der Waals surface area contributed by atoms with E-state index in [1.165, 1.54) is 0 Å². The van der Waals surface area contributed by atoms with Gasteiger partial charge in [0.05, 0.1) is 11.4 Å². The first-order chi connectivity index (χ1) is 5.16. The molecule has 0 aliphatic rings. The third kappa shape index (κ3) is 1.29. The Balaban J connectivity index is 2.98. The van der Waals surface area contributed by atoms with Gasteiger partial charge in [-0.1, -0.05) is 6.92 Å². The number of aromatic nitrogens is 2. The van der Waals surface area contributed by atoms with Crippen LogP contribution in [0.5, 0.6) is 0 Å². The second-order valence-electron chi connectivity index (χ2n) is 2.61. The molecule has 0 unspecified atom stereocenters. The number of nitrogens with zero attached hydrogens (tertiary/aromatic N) is 2. The maximum absolute atomic E-state index is 5.62. The highest BCUT2D eigenvalue weighted by molar-refractivity contribution is 5.61. The molecule has 1 aromatic heterocycles. The summed E-state index contributed by atoms with van der Waals surface area (Å²) in [7, 11) is 0. The van der Waals surface area contributed by atoms with Crippen molar-refractivity contribution in [2.75, 3.05) is 11.5 Å². The minimum atomic E-state index is 0.441. The molecule has 1 aromatic rings. The Morgan fingerprint density at radius 1 is 1.45 bits per heavy atom. The first kappa shape index (κ1) is 7.91. The van der Waals surface area contributed by atoms with Crippen molar-refractivity contribution in [3.8, 4) is 0 Å². The van der Waals surface area contributed by atoms with Gasteiger partial charge in [-0.05, 0) is 13.3 Å². The zero-order valence-electron chi connectivity index (χ0n) is 6.96. The van der Waals surface area contributed by atoms with Crippen molar-refractivity contribution in [1.29, 1.82) is 0 Å². The van der Waals surface area contributed by atoms with Crippen LogP contribution in [-0.4, -0.2) is 9.78 Å². The van der Waals surface area contributed by atoms with Gasteiger partial charge in [-0.3, -0.25) is 4.68 Å². The van der Waals surface area contributed by atoms with Crippen LogP contribution in [0, 0.1) is 6.92 Å². The van der Waals surface area contributed by atoms with Crippen molar-refractivity contribution in [3.05, 3.63) is 5.69 Å². The van der Waals surface area contributed by atoms with Crippen LogP contribution in [0.3, 0.4) is 0 Å². The summed E-state index contributed by atoms with van der Waals surface area (Å²) >= 11 is 0. The van der Waals surface area contributed by atoms with Crippen LogP contribution in [0.25, 0.3) is 0 Å². The molecule has 0 bridgehead atoms. The number of hydrogen-bond acceptors (Lipinski definition) is 3. The lowest BCUT2D eigenvalue weighted by atomic mass is 10.4. The molecule has 4 nitrogen and oxygen atoms in total. The number of hydrogen-bond donors (Lipinski definition) is 2. The minimum absolute atomic E-state index is 0.441. The number of nitrogen functional groups attached to an aromatic ring is 2. The summed E-state index contributed by atoms with van der Waals surface area (Å²) in [6.45, 7) is 4.90. The predicted molar refractivity (Wildman–Crippen MR) is 46.1 cm³/mol. The fraction of sp³-hybridized carbons (Fsp3) is 0.571. The number of anilines is 2. The van der Waals surface area contributed by atoms with E-state index in [1.807, 2.05) is 11.6 Å². The standard InChI is InChI=1S/C7H14N4/c1-3-4-11-5(2)6(8)7(9)10-11/h3-4,8H2,1-2H3,(H2,9,10). The fourth-order valence-electron chi connectivity index (χ4n) is 1.01. The van der Waals surface area contributed by atoms with E-state index in [-0.39, 0.29) is 0 Å². The van der Waals surface area contributed by atoms with Gasteiger partial charge >= 0.3 is 0 Å². The first-order valence-corrected chi connectivity index (χ1v) is 3.75. The summed E-state index contributed by atoms with van der Waals surface area (Å²) in [4.78, 5) is 0. The van der Waals surface area contributed by atoms with Crippen LogP contribution in [-0.2, 0) is 6.54 Å². The molecule has 1 rings (SSSR count). The van der Waals surface area contributed by atoms with Crippen molar-refractivity contribution in [1.82, 2.24) is 9.78 Å². The van der Waals surface area contributed by atoms with Gasteiger partial charge in [-0.15, -0.1) is 0 Å². The molecule has 0 saturated heterocycles. The van der Waals surface area contributed by atoms with Gasteiger partial charge in [0.1, 0.15) is 0 Å². The van der Waals surface area contributed by atoms with E-state index in [0.29, 0.717) is 11.5 Å². The highest BCUT2D eigenvalue weighted by atomic mass is 15.3. The lowest BCUT2D eigenvalue weighted by Gasteiger charge is -1.99. The Bertz CT molecular complexity index is 251. The fourth-order valence-corrected chi connectivity index (χ4v) is 1.01. The molecule has 4 heteroatoms. The third-order valence-electron chi connectivity index (χ3n) is 1.72. The molecule has 11 heavy (non-hydrogen) atoms. The van der Waals surface area contributed by atoms with Crippen molar-refractivity contribution in [3.63, 3.8) is 0 Å². The summed E-state index contributed by atoms with van der Waals surface area (Å²) in [6.07, 6.45) is 1.04. The van der Waals surface area contributed by atoms with Crippen LogP contribution >= 0.6 is 0 Å². The maximum Gasteiger partial charge on any atom is 0.168 e. The molecule has 0 atom stereocenters. The zero-order valence-corrected chi connectivity index (χ0v) is 6.96. The lowest BCUT2D eigenvalue weighted by molar-refractivity contribution is 0.590. The molecule has 0 amide bonds. The van der Waals surface area contributed by atoms with Crippen molar-refractivity contribution >= 4 is 11.5 Å². The minimum Gasteiger partial charge on any atom is -0.394 e. The largest absolute Gasteiger partial charge is 0.394 e. The molecule has 62 valence electrons. The highest BCUT2D eigenvalue weighted by Gasteiger charge is 2.06. The Kier molecular flexibility index (Phi) is 2.03. The summed E-state index contributed by atoms with van der Waals surface area (Å²) in [5, 5.41) is 4.07. The van der Waals surface area contributed by atoms with Crippen LogP contribution in [0.15, 0.2) is 0 Å². The van der Waals surface area contributed by atoms with E-state index in [9.17, 15) is 0 Å². The quantitative estimate of drug-likeness (QED) is 0.661. The van der Waals surface area contributed by atoms with Crippen molar-refractivity contribution < 1.29 is 0 Å². The molecule has 0 saturated carbocycles. The van der Waals surface area contributed by atoms with E-state index in [4.69, 9.17) is 11.5 Å². The molecule has 0 fully saturated rings. The molecule has 0 spiro atoms. The number of aryl methyl sites for hydroxylation is 1. The molecular formula is C7H14N4. The Hall–Kier alpha value is -1.19. The summed E-state index contributed by atoms with van der Waals surface area (Å²) in [5.41, 5.74) is 12.7. The summed E-state index contributed by atoms with van der Waals surface area (Å²) < 4.78 is 1.84. The number of rotatable bonds is 2. The van der Waals surface area contributed by atoms with Crippen molar-refractivity contribution in [2.45, 2.75) is 26.8 Å². The second-order valence-corrected chi connectivity index (χ2v) is 2.61. The Morgan fingerprint density at radius 2 is 2.09 bits per heavy atom. The van der Waals surface area contributed by atoms with Crippen molar-refractivity contribution in [2.24, 2.45) is 0 Å². The van der Waals surface area contributed by atoms with Gasteiger partial charge < -0.3 is 11.5 Å². The summed E-state index contributed by atoms with van der Waals surface area (Å²) in [6, 6.07) is 0. The van der Waals surface area contributed by atoms with E-state index in [1.54, 1.807) is 0 Å². The monoisotopic (exact) mass is 154 g/mol. The van der Waals surface area contributed by atoms with Crippen LogP contribution < -0.4 is 11.5 Å². The second kappa shape index (κ2) is 2.82. The van der Waals surface area contributed by atoms with Gasteiger partial charge in [0.2, 0.25) is 0 Å². The third-order valence-corrected chi connectivity index (χ3v) is 1.72. The normalized spacial score (nSPS) is 10.4. The van der Waals surface area contributed by atoms with Gasteiger partial charge in [0.15, 0.2) is 5.82 Å². The summed E-state index contributed by atoms with van der Waals surface area (Å²) in [5.74, 6) is 0.441. The lowest BCUT2D eigenvalue weighted by Crippen LogP contribution is -2.01. The van der Waals surface area contributed by atoms with Crippen LogP contribution in [0.4, 0.5) is 11.5 Å². The van der Waals surface area contributed by atoms with Crippen LogP contribution in [0.1, 0.15) is 19.0 Å². The number of nitrogens with two attached hydrogens (primary N) is 2. The molecular weight excluding hydrogens is 140 g/mol. The predicted octanol–water partition coefficient (Wildman–Crippen LogP) is 0.766.